The van der Waals surface area contributed by atoms with Gasteiger partial charge in [0.15, 0.2) is 17.6 Å². The van der Waals surface area contributed by atoms with Crippen molar-refractivity contribution in [2.45, 2.75) is 26.5 Å². The lowest BCUT2D eigenvalue weighted by Gasteiger charge is -2.42. The van der Waals surface area contributed by atoms with Gasteiger partial charge >= 0.3 is 0 Å². The monoisotopic (exact) mass is 405 g/mol. The van der Waals surface area contributed by atoms with Gasteiger partial charge in [0.05, 0.1) is 17.9 Å². The van der Waals surface area contributed by atoms with Crippen LogP contribution in [0.2, 0.25) is 0 Å². The van der Waals surface area contributed by atoms with Crippen molar-refractivity contribution in [2.75, 3.05) is 24.6 Å². The Balaban J connectivity index is 1.49. The summed E-state index contributed by atoms with van der Waals surface area (Å²) in [6.07, 6.45) is 2.94. The van der Waals surface area contributed by atoms with Gasteiger partial charge in [-0.15, -0.1) is 0 Å². The molecule has 5 rings (SSSR count). The largest absolute Gasteiger partial charge is 0.486 e. The Morgan fingerprint density at radius 1 is 1.13 bits per heavy atom. The third kappa shape index (κ3) is 3.49. The highest BCUT2D eigenvalue weighted by atomic mass is 16.6. The lowest BCUT2D eigenvalue weighted by Crippen LogP contribution is -2.51. The van der Waals surface area contributed by atoms with E-state index in [1.807, 2.05) is 24.3 Å². The molecule has 1 aromatic carbocycles. The van der Waals surface area contributed by atoms with Crippen LogP contribution in [0.3, 0.4) is 0 Å². The third-order valence-electron chi connectivity index (χ3n) is 5.31. The summed E-state index contributed by atoms with van der Waals surface area (Å²) < 4.78 is 13.8. The first-order chi connectivity index (χ1) is 14.5. The van der Waals surface area contributed by atoms with E-state index in [-0.39, 0.29) is 17.1 Å². The van der Waals surface area contributed by atoms with Gasteiger partial charge in [0.2, 0.25) is 5.95 Å². The van der Waals surface area contributed by atoms with Gasteiger partial charge in [-0.25, -0.2) is 15.0 Å². The fraction of sp³-hybridized carbons (Fsp3) is 0.364. The van der Waals surface area contributed by atoms with Crippen molar-refractivity contribution in [3.8, 4) is 22.9 Å². The first-order valence-corrected chi connectivity index (χ1v) is 10.0. The molecule has 1 atom stereocenters. The minimum Gasteiger partial charge on any atom is -0.486 e. The van der Waals surface area contributed by atoms with Crippen LogP contribution in [-0.2, 0) is 6.54 Å². The van der Waals surface area contributed by atoms with Crippen LogP contribution in [0, 0.1) is 5.41 Å². The lowest BCUT2D eigenvalue weighted by molar-refractivity contribution is 0.0917. The summed E-state index contributed by atoms with van der Waals surface area (Å²) in [4.78, 5) is 28.1. The Morgan fingerprint density at radius 3 is 2.77 bits per heavy atom. The van der Waals surface area contributed by atoms with Gasteiger partial charge < -0.3 is 14.4 Å². The molecule has 2 aliphatic heterocycles. The molecule has 8 heteroatoms. The van der Waals surface area contributed by atoms with Gasteiger partial charge in [-0.1, -0.05) is 26.0 Å². The first-order valence-electron chi connectivity index (χ1n) is 10.0. The highest BCUT2D eigenvalue weighted by Gasteiger charge is 2.35. The third-order valence-corrected chi connectivity index (χ3v) is 5.31. The predicted octanol–water partition coefficient (Wildman–Crippen LogP) is 2.39. The number of hydrogen-bond donors (Lipinski definition) is 0. The van der Waals surface area contributed by atoms with Crippen molar-refractivity contribution in [1.82, 2.24) is 19.5 Å². The molecule has 0 saturated heterocycles. The van der Waals surface area contributed by atoms with Gasteiger partial charge in [-0.05, 0) is 18.2 Å². The molecule has 3 aromatic rings. The minimum absolute atomic E-state index is 0.0810. The number of ether oxygens (including phenoxy) is 2. The van der Waals surface area contributed by atoms with E-state index in [9.17, 15) is 4.79 Å². The molecule has 0 spiro atoms. The summed E-state index contributed by atoms with van der Waals surface area (Å²) in [6, 6.07) is 11.0. The zero-order valence-electron chi connectivity index (χ0n) is 17.0. The lowest BCUT2D eigenvalue weighted by atomic mass is 9.91. The van der Waals surface area contributed by atoms with E-state index < -0.39 is 0 Å². The maximum atomic E-state index is 12.9. The standard InChI is InChI=1S/C22H23N5O3/c1-22(2)12-26(10-15-11-29-18-5-3-4-6-19(18)30-15)21-25-17(9-20(28)27(21)13-22)16-7-8-23-14-24-16/h3-9,14-15H,10-13H2,1-2H3. The summed E-state index contributed by atoms with van der Waals surface area (Å²) in [6.45, 7) is 6.69. The van der Waals surface area contributed by atoms with Crippen molar-refractivity contribution >= 4 is 5.95 Å². The predicted molar refractivity (Wildman–Crippen MR) is 112 cm³/mol. The number of nitrogens with zero attached hydrogens (tertiary/aromatic N) is 5. The van der Waals surface area contributed by atoms with E-state index >= 15 is 0 Å². The Kier molecular flexibility index (Phi) is 4.42. The molecule has 1 unspecified atom stereocenters. The van der Waals surface area contributed by atoms with Crippen LogP contribution >= 0.6 is 0 Å². The summed E-state index contributed by atoms with van der Waals surface area (Å²) in [5.74, 6) is 2.14. The zero-order chi connectivity index (χ0) is 20.7. The molecule has 2 aliphatic rings. The number of hydrogen-bond acceptors (Lipinski definition) is 7. The van der Waals surface area contributed by atoms with E-state index in [1.54, 1.807) is 22.9 Å². The maximum absolute atomic E-state index is 12.9. The fourth-order valence-corrected chi connectivity index (χ4v) is 4.07. The van der Waals surface area contributed by atoms with E-state index in [1.165, 1.54) is 6.33 Å². The van der Waals surface area contributed by atoms with E-state index in [0.717, 1.165) is 18.0 Å². The molecule has 8 nitrogen and oxygen atoms in total. The molecule has 0 saturated carbocycles. The Morgan fingerprint density at radius 2 is 1.97 bits per heavy atom. The molecular weight excluding hydrogens is 382 g/mol. The number of aromatic nitrogens is 4. The number of fused-ring (bicyclic) bond motifs is 2. The number of anilines is 1. The molecule has 154 valence electrons. The van der Waals surface area contributed by atoms with Gasteiger partial charge in [0, 0.05) is 30.8 Å². The summed E-state index contributed by atoms with van der Waals surface area (Å²) >= 11 is 0. The van der Waals surface area contributed by atoms with E-state index in [2.05, 4.69) is 28.7 Å². The second kappa shape index (κ2) is 7.12. The van der Waals surface area contributed by atoms with Crippen LogP contribution < -0.4 is 19.9 Å². The van der Waals surface area contributed by atoms with Crippen molar-refractivity contribution in [1.29, 1.82) is 0 Å². The van der Waals surface area contributed by atoms with E-state index in [4.69, 9.17) is 14.5 Å². The van der Waals surface area contributed by atoms with Gasteiger partial charge in [-0.2, -0.15) is 0 Å². The molecule has 0 N–H and O–H groups in total. The number of para-hydroxylation sites is 2. The minimum atomic E-state index is -0.165. The summed E-state index contributed by atoms with van der Waals surface area (Å²) in [7, 11) is 0. The molecule has 4 heterocycles. The van der Waals surface area contributed by atoms with Crippen LogP contribution in [0.15, 0.2) is 53.7 Å². The highest BCUT2D eigenvalue weighted by Crippen LogP contribution is 2.33. The number of benzene rings is 1. The van der Waals surface area contributed by atoms with Crippen molar-refractivity contribution in [3.05, 3.63) is 59.3 Å². The Labute approximate surface area is 174 Å². The number of rotatable bonds is 3. The topological polar surface area (TPSA) is 82.4 Å². The zero-order valence-corrected chi connectivity index (χ0v) is 17.0. The summed E-state index contributed by atoms with van der Waals surface area (Å²) in [5.41, 5.74) is 1.01. The summed E-state index contributed by atoms with van der Waals surface area (Å²) in [5, 5.41) is 0. The smallest absolute Gasteiger partial charge is 0.255 e. The molecule has 0 amide bonds. The second-order valence-electron chi connectivity index (χ2n) is 8.50. The van der Waals surface area contributed by atoms with Crippen molar-refractivity contribution < 1.29 is 9.47 Å². The van der Waals surface area contributed by atoms with Gasteiger partial charge in [-0.3, -0.25) is 9.36 Å². The Hall–Kier alpha value is -3.42. The SMILES string of the molecule is CC1(C)CN(CC2COc3ccccc3O2)c2nc(-c3ccncn3)cc(=O)n2C1. The molecule has 0 aliphatic carbocycles. The van der Waals surface area contributed by atoms with Gasteiger partial charge in [0.1, 0.15) is 12.9 Å². The average molecular weight is 405 g/mol. The van der Waals surface area contributed by atoms with Crippen LogP contribution in [0.1, 0.15) is 13.8 Å². The molecular formula is C22H23N5O3. The maximum Gasteiger partial charge on any atom is 0.255 e. The van der Waals surface area contributed by atoms with Gasteiger partial charge in [0.25, 0.3) is 5.56 Å². The van der Waals surface area contributed by atoms with Crippen LogP contribution in [-0.4, -0.2) is 45.3 Å². The van der Waals surface area contributed by atoms with Crippen molar-refractivity contribution in [3.63, 3.8) is 0 Å². The molecule has 0 fully saturated rings. The van der Waals surface area contributed by atoms with Crippen LogP contribution in [0.4, 0.5) is 5.95 Å². The van der Waals surface area contributed by atoms with Crippen LogP contribution in [0.5, 0.6) is 11.5 Å². The molecule has 0 radical (unpaired) electrons. The van der Waals surface area contributed by atoms with E-state index in [0.29, 0.717) is 37.0 Å². The quantitative estimate of drug-likeness (QED) is 0.662. The molecule has 2 aromatic heterocycles. The van der Waals surface area contributed by atoms with Crippen LogP contribution in [0.25, 0.3) is 11.4 Å². The molecule has 30 heavy (non-hydrogen) atoms. The molecule has 0 bridgehead atoms. The fourth-order valence-electron chi connectivity index (χ4n) is 4.07. The first kappa shape index (κ1) is 18.6. The van der Waals surface area contributed by atoms with Crippen molar-refractivity contribution in [2.24, 2.45) is 5.41 Å². The normalized spacial score (nSPS) is 19.3. The Bertz CT molecular complexity index is 1130. The highest BCUT2D eigenvalue weighted by molar-refractivity contribution is 5.55. The average Bonchev–Trinajstić information content (AvgIpc) is 2.74. The second-order valence-corrected chi connectivity index (χ2v) is 8.50.